The Balaban J connectivity index is 2.57. The molecule has 2 aromatic rings. The van der Waals surface area contributed by atoms with Crippen LogP contribution in [0.4, 0.5) is 0 Å². The maximum absolute atomic E-state index is 12.0. The van der Waals surface area contributed by atoms with Gasteiger partial charge in [0.2, 0.25) is 0 Å². The topological polar surface area (TPSA) is 77.1 Å². The van der Waals surface area contributed by atoms with Gasteiger partial charge in [-0.2, -0.15) is 10.3 Å². The first-order chi connectivity index (χ1) is 10.4. The molecule has 8 heteroatoms. The van der Waals surface area contributed by atoms with E-state index in [1.165, 1.54) is 0 Å². The lowest BCUT2D eigenvalue weighted by Gasteiger charge is -2.16. The van der Waals surface area contributed by atoms with Crippen LogP contribution in [0.3, 0.4) is 0 Å². The van der Waals surface area contributed by atoms with Gasteiger partial charge in [-0.3, -0.25) is 0 Å². The van der Waals surface area contributed by atoms with Crippen molar-refractivity contribution in [3.63, 3.8) is 0 Å². The summed E-state index contributed by atoms with van der Waals surface area (Å²) in [6.45, 7) is 5.85. The number of carbonyl (C=O) groups is 1. The number of nitrogens with one attached hydrogen (secondary N) is 1. The van der Waals surface area contributed by atoms with Crippen molar-refractivity contribution in [2.45, 2.75) is 26.9 Å². The second-order valence-electron chi connectivity index (χ2n) is 4.67. The van der Waals surface area contributed by atoms with E-state index < -0.39 is 5.97 Å². The van der Waals surface area contributed by atoms with Crippen LogP contribution >= 0.6 is 31.9 Å². The summed E-state index contributed by atoms with van der Waals surface area (Å²) in [5.41, 5.74) is 1.16. The molecule has 0 radical (unpaired) electrons. The summed E-state index contributed by atoms with van der Waals surface area (Å²) in [7, 11) is 0. The lowest BCUT2D eigenvalue weighted by atomic mass is 10.1. The first-order valence-electron chi connectivity index (χ1n) is 6.68. The standard InChI is InChI=1S/C14H15Br2N3O3/c1-4-21-14(20)12-11(17-19-18-12)9-5-8(15)6-10(16)13(9)22-7(2)3/h5-7H,4H2,1-3H3,(H,17,18,19). The summed E-state index contributed by atoms with van der Waals surface area (Å²) in [6, 6.07) is 3.69. The number of ether oxygens (including phenoxy) is 2. The van der Waals surface area contributed by atoms with Crippen molar-refractivity contribution in [2.24, 2.45) is 0 Å². The van der Waals surface area contributed by atoms with Gasteiger partial charge in [-0.25, -0.2) is 4.79 Å². The predicted octanol–water partition coefficient (Wildman–Crippen LogP) is 3.96. The minimum absolute atomic E-state index is 0.0332. The molecule has 0 unspecified atom stereocenters. The second-order valence-corrected chi connectivity index (χ2v) is 6.44. The highest BCUT2D eigenvalue weighted by atomic mass is 79.9. The highest BCUT2D eigenvalue weighted by Crippen LogP contribution is 2.40. The fourth-order valence-electron chi connectivity index (χ4n) is 1.85. The van der Waals surface area contributed by atoms with Crippen LogP contribution < -0.4 is 4.74 Å². The van der Waals surface area contributed by atoms with Gasteiger partial charge < -0.3 is 9.47 Å². The minimum Gasteiger partial charge on any atom is -0.489 e. The first-order valence-corrected chi connectivity index (χ1v) is 8.26. The Morgan fingerprint density at radius 3 is 2.68 bits per heavy atom. The maximum Gasteiger partial charge on any atom is 0.361 e. The number of esters is 1. The minimum atomic E-state index is -0.530. The van der Waals surface area contributed by atoms with Crippen LogP contribution in [-0.2, 0) is 4.74 Å². The van der Waals surface area contributed by atoms with Crippen molar-refractivity contribution in [1.29, 1.82) is 0 Å². The van der Waals surface area contributed by atoms with E-state index in [-0.39, 0.29) is 18.4 Å². The fourth-order valence-corrected chi connectivity index (χ4v) is 3.17. The van der Waals surface area contributed by atoms with Gasteiger partial charge in [0.05, 0.1) is 17.2 Å². The third-order valence-electron chi connectivity index (χ3n) is 2.63. The highest BCUT2D eigenvalue weighted by molar-refractivity contribution is 9.11. The molecule has 0 fully saturated rings. The average molecular weight is 433 g/mol. The van der Waals surface area contributed by atoms with Crippen LogP contribution in [-0.4, -0.2) is 34.1 Å². The Labute approximate surface area is 144 Å². The average Bonchev–Trinajstić information content (AvgIpc) is 2.90. The Morgan fingerprint density at radius 2 is 2.05 bits per heavy atom. The van der Waals surface area contributed by atoms with Crippen LogP contribution in [0.25, 0.3) is 11.3 Å². The molecule has 0 saturated carbocycles. The summed E-state index contributed by atoms with van der Waals surface area (Å²) in [5.74, 6) is 0.0653. The number of nitrogens with zero attached hydrogens (tertiary/aromatic N) is 2. The first kappa shape index (κ1) is 17.0. The Kier molecular flexibility index (Phi) is 5.57. The van der Waals surface area contributed by atoms with Gasteiger partial charge >= 0.3 is 5.97 Å². The number of rotatable bonds is 5. The number of carbonyl (C=O) groups excluding carboxylic acids is 1. The number of hydrogen-bond acceptors (Lipinski definition) is 5. The molecule has 1 aromatic heterocycles. The Morgan fingerprint density at radius 1 is 1.32 bits per heavy atom. The van der Waals surface area contributed by atoms with Gasteiger partial charge in [-0.15, -0.1) is 5.10 Å². The molecule has 0 aliphatic carbocycles. The molecule has 0 amide bonds. The zero-order valence-corrected chi connectivity index (χ0v) is 15.5. The zero-order chi connectivity index (χ0) is 16.3. The number of hydrogen-bond donors (Lipinski definition) is 1. The highest BCUT2D eigenvalue weighted by Gasteiger charge is 2.24. The molecule has 0 saturated heterocycles. The van der Waals surface area contributed by atoms with E-state index in [1.54, 1.807) is 6.92 Å². The lowest BCUT2D eigenvalue weighted by molar-refractivity contribution is 0.0520. The maximum atomic E-state index is 12.0. The van der Waals surface area contributed by atoms with Gasteiger partial charge in [-0.05, 0) is 48.8 Å². The second kappa shape index (κ2) is 7.23. The molecule has 6 nitrogen and oxygen atoms in total. The number of aromatic amines is 1. The van der Waals surface area contributed by atoms with Crippen molar-refractivity contribution >= 4 is 37.8 Å². The lowest BCUT2D eigenvalue weighted by Crippen LogP contribution is -2.09. The summed E-state index contributed by atoms with van der Waals surface area (Å²) in [4.78, 5) is 12.0. The van der Waals surface area contributed by atoms with Gasteiger partial charge in [0.1, 0.15) is 11.4 Å². The predicted molar refractivity (Wildman–Crippen MR) is 88.9 cm³/mol. The normalized spacial score (nSPS) is 10.8. The molecule has 0 aliphatic rings. The van der Waals surface area contributed by atoms with E-state index >= 15 is 0 Å². The van der Waals surface area contributed by atoms with Gasteiger partial charge in [-0.1, -0.05) is 15.9 Å². The number of halogens is 2. The number of benzene rings is 1. The number of H-pyrrole nitrogens is 1. The van der Waals surface area contributed by atoms with Crippen LogP contribution in [0.5, 0.6) is 5.75 Å². The summed E-state index contributed by atoms with van der Waals surface area (Å²) < 4.78 is 12.4. The molecule has 0 aliphatic heterocycles. The van der Waals surface area contributed by atoms with Gasteiger partial charge in [0.25, 0.3) is 0 Å². The van der Waals surface area contributed by atoms with Crippen molar-refractivity contribution < 1.29 is 14.3 Å². The van der Waals surface area contributed by atoms with E-state index in [1.807, 2.05) is 26.0 Å². The number of aromatic nitrogens is 3. The van der Waals surface area contributed by atoms with Gasteiger partial charge in [0, 0.05) is 10.0 Å². The summed E-state index contributed by atoms with van der Waals surface area (Å²) in [6.07, 6.45) is -0.0332. The van der Waals surface area contributed by atoms with Crippen molar-refractivity contribution in [2.75, 3.05) is 6.61 Å². The van der Waals surface area contributed by atoms with E-state index in [0.29, 0.717) is 17.0 Å². The molecule has 1 heterocycles. The van der Waals surface area contributed by atoms with Gasteiger partial charge in [0.15, 0.2) is 5.69 Å². The largest absolute Gasteiger partial charge is 0.489 e. The molecule has 0 spiro atoms. The van der Waals surface area contributed by atoms with E-state index in [9.17, 15) is 4.79 Å². The summed E-state index contributed by atoms with van der Waals surface area (Å²) in [5, 5.41) is 10.4. The molecule has 1 aromatic carbocycles. The molecule has 118 valence electrons. The molecule has 22 heavy (non-hydrogen) atoms. The van der Waals surface area contributed by atoms with Crippen LogP contribution in [0, 0.1) is 0 Å². The van der Waals surface area contributed by atoms with E-state index in [4.69, 9.17) is 9.47 Å². The third kappa shape index (κ3) is 3.67. The Hall–Kier alpha value is -1.41. The molecular weight excluding hydrogens is 418 g/mol. The molecule has 0 bridgehead atoms. The molecule has 1 N–H and O–H groups in total. The quantitative estimate of drug-likeness (QED) is 0.723. The fraction of sp³-hybridized carbons (Fsp3) is 0.357. The van der Waals surface area contributed by atoms with E-state index in [0.717, 1.165) is 8.95 Å². The van der Waals surface area contributed by atoms with Crippen LogP contribution in [0.1, 0.15) is 31.3 Å². The smallest absolute Gasteiger partial charge is 0.361 e. The SMILES string of the molecule is CCOC(=O)c1n[nH]nc1-c1cc(Br)cc(Br)c1OC(C)C. The van der Waals surface area contributed by atoms with Crippen LogP contribution in [0.2, 0.25) is 0 Å². The Bertz CT molecular complexity index is 686. The third-order valence-corrected chi connectivity index (χ3v) is 3.68. The van der Waals surface area contributed by atoms with E-state index in [2.05, 4.69) is 47.3 Å². The molecular formula is C14H15Br2N3O3. The van der Waals surface area contributed by atoms with Crippen molar-refractivity contribution in [3.05, 3.63) is 26.8 Å². The monoisotopic (exact) mass is 431 g/mol. The zero-order valence-electron chi connectivity index (χ0n) is 12.3. The van der Waals surface area contributed by atoms with Crippen LogP contribution in [0.15, 0.2) is 21.1 Å². The van der Waals surface area contributed by atoms with Crippen molar-refractivity contribution in [1.82, 2.24) is 15.4 Å². The van der Waals surface area contributed by atoms with Crippen molar-refractivity contribution in [3.8, 4) is 17.0 Å². The molecule has 2 rings (SSSR count). The molecule has 0 atom stereocenters. The summed E-state index contributed by atoms with van der Waals surface area (Å²) >= 11 is 6.91.